The lowest BCUT2D eigenvalue weighted by Crippen LogP contribution is -2.50. The van der Waals surface area contributed by atoms with Crippen LogP contribution in [-0.4, -0.2) is 38.9 Å². The van der Waals surface area contributed by atoms with Gasteiger partial charge < -0.3 is 5.73 Å². The Labute approximate surface area is 147 Å². The number of nitrogens with zero attached hydrogens (tertiary/aromatic N) is 3. The lowest BCUT2D eigenvalue weighted by Gasteiger charge is -2.43. The summed E-state index contributed by atoms with van der Waals surface area (Å²) in [7, 11) is 2.85. The van der Waals surface area contributed by atoms with Crippen molar-refractivity contribution in [3.05, 3.63) is 26.4 Å². The summed E-state index contributed by atoms with van der Waals surface area (Å²) >= 11 is 0. The van der Waals surface area contributed by atoms with Gasteiger partial charge in [0.15, 0.2) is 5.78 Å². The van der Waals surface area contributed by atoms with Crippen molar-refractivity contribution in [1.82, 2.24) is 14.0 Å². The highest BCUT2D eigenvalue weighted by Gasteiger charge is 2.36. The quantitative estimate of drug-likeness (QED) is 0.814. The van der Waals surface area contributed by atoms with Crippen molar-refractivity contribution in [2.24, 2.45) is 25.9 Å². The Morgan fingerprint density at radius 1 is 1.08 bits per heavy atom. The Kier molecular flexibility index (Phi) is 4.86. The van der Waals surface area contributed by atoms with Gasteiger partial charge in [-0.25, -0.2) is 4.79 Å². The van der Waals surface area contributed by atoms with E-state index in [0.29, 0.717) is 5.92 Å². The Morgan fingerprint density at radius 3 is 2.40 bits per heavy atom. The van der Waals surface area contributed by atoms with Crippen molar-refractivity contribution >= 4 is 11.6 Å². The summed E-state index contributed by atoms with van der Waals surface area (Å²) in [6.07, 6.45) is 6.23. The first-order chi connectivity index (χ1) is 11.8. The van der Waals surface area contributed by atoms with Gasteiger partial charge in [0, 0.05) is 20.6 Å². The number of fused-ring (bicyclic) bond motifs is 1. The van der Waals surface area contributed by atoms with Crippen molar-refractivity contribution in [3.63, 3.8) is 0 Å². The third kappa shape index (κ3) is 3.05. The number of ketones is 1. The number of piperidine rings is 1. The van der Waals surface area contributed by atoms with Crippen molar-refractivity contribution in [2.45, 2.75) is 45.1 Å². The molecule has 0 bridgehead atoms. The average molecular weight is 348 g/mol. The van der Waals surface area contributed by atoms with Gasteiger partial charge in [0.1, 0.15) is 11.4 Å². The van der Waals surface area contributed by atoms with E-state index in [9.17, 15) is 14.4 Å². The summed E-state index contributed by atoms with van der Waals surface area (Å²) in [5, 5.41) is 0. The molecule has 0 spiro atoms. The summed E-state index contributed by atoms with van der Waals surface area (Å²) in [6, 6.07) is -0.407. The minimum Gasteiger partial charge on any atom is -0.384 e. The molecule has 7 nitrogen and oxygen atoms in total. The molecule has 2 heterocycles. The largest absolute Gasteiger partial charge is 0.384 e. The fourth-order valence-electron chi connectivity index (χ4n) is 4.45. The fourth-order valence-corrected chi connectivity index (χ4v) is 4.45. The lowest BCUT2D eigenvalue weighted by atomic mass is 9.75. The third-order valence-electron chi connectivity index (χ3n) is 6.21. The molecule has 7 heteroatoms. The van der Waals surface area contributed by atoms with E-state index in [1.54, 1.807) is 0 Å². The van der Waals surface area contributed by atoms with E-state index in [4.69, 9.17) is 5.73 Å². The predicted octanol–water partition coefficient (Wildman–Crippen LogP) is 0.749. The Hall–Kier alpha value is -1.89. The number of carbonyl (C=O) groups is 1. The Morgan fingerprint density at radius 2 is 1.72 bits per heavy atom. The molecule has 1 aliphatic carbocycles. The molecule has 0 radical (unpaired) electrons. The van der Waals surface area contributed by atoms with Crippen LogP contribution in [0.4, 0.5) is 5.82 Å². The number of nitrogens with two attached hydrogens (primary N) is 1. The Bertz CT molecular complexity index is 795. The summed E-state index contributed by atoms with van der Waals surface area (Å²) in [5.74, 6) is 1.10. The van der Waals surface area contributed by atoms with Gasteiger partial charge in [-0.1, -0.05) is 19.3 Å². The zero-order valence-corrected chi connectivity index (χ0v) is 15.3. The molecule has 1 saturated carbocycles. The smallest absolute Gasteiger partial charge is 0.332 e. The van der Waals surface area contributed by atoms with Crippen LogP contribution in [0.5, 0.6) is 0 Å². The standard InChI is InChI=1S/C18H28N4O3/c1-11(22-9-8-12-6-4-5-7-13(12)10-22)15(23)14-16(19)20(2)18(25)21(3)17(14)24/h11-13H,4-10,19H2,1-3H3. The molecular formula is C18H28N4O3. The molecule has 1 aromatic rings. The van der Waals surface area contributed by atoms with Crippen LogP contribution in [0.3, 0.4) is 0 Å². The first-order valence-electron chi connectivity index (χ1n) is 9.16. The van der Waals surface area contributed by atoms with Gasteiger partial charge in [-0.3, -0.25) is 23.6 Å². The molecule has 1 saturated heterocycles. The first-order valence-corrected chi connectivity index (χ1v) is 9.16. The van der Waals surface area contributed by atoms with Gasteiger partial charge in [0.05, 0.1) is 6.04 Å². The zero-order chi connectivity index (χ0) is 18.3. The lowest BCUT2D eigenvalue weighted by molar-refractivity contribution is 0.0517. The van der Waals surface area contributed by atoms with Gasteiger partial charge >= 0.3 is 5.69 Å². The molecule has 0 amide bonds. The molecule has 25 heavy (non-hydrogen) atoms. The van der Waals surface area contributed by atoms with Gasteiger partial charge in [0.2, 0.25) is 0 Å². The fraction of sp³-hybridized carbons (Fsp3) is 0.722. The molecule has 2 aliphatic rings. The summed E-state index contributed by atoms with van der Waals surface area (Å²) in [6.45, 7) is 3.62. The highest BCUT2D eigenvalue weighted by atomic mass is 16.2. The highest BCUT2D eigenvalue weighted by Crippen LogP contribution is 2.36. The molecule has 2 N–H and O–H groups in total. The molecular weight excluding hydrogens is 320 g/mol. The number of rotatable bonds is 3. The van der Waals surface area contributed by atoms with E-state index < -0.39 is 17.3 Å². The first kappa shape index (κ1) is 17.9. The van der Waals surface area contributed by atoms with E-state index in [1.165, 1.54) is 39.8 Å². The van der Waals surface area contributed by atoms with Crippen LogP contribution < -0.4 is 17.0 Å². The highest BCUT2D eigenvalue weighted by molar-refractivity contribution is 6.03. The van der Waals surface area contributed by atoms with Gasteiger partial charge in [-0.15, -0.1) is 0 Å². The molecule has 3 unspecified atom stereocenters. The molecule has 0 aromatic carbocycles. The van der Waals surface area contributed by atoms with Gasteiger partial charge in [-0.05, 0) is 38.1 Å². The maximum absolute atomic E-state index is 13.0. The second kappa shape index (κ2) is 6.78. The number of Topliss-reactive ketones (excluding diaryl/α,β-unsaturated/α-hetero) is 1. The topological polar surface area (TPSA) is 90.3 Å². The van der Waals surface area contributed by atoms with E-state index in [2.05, 4.69) is 4.90 Å². The van der Waals surface area contributed by atoms with Crippen LogP contribution in [0.1, 0.15) is 49.4 Å². The Balaban J connectivity index is 1.86. The number of hydrogen-bond acceptors (Lipinski definition) is 5. The molecule has 3 rings (SSSR count). The number of likely N-dealkylation sites (tertiary alicyclic amines) is 1. The summed E-state index contributed by atoms with van der Waals surface area (Å²) in [5.41, 5.74) is 4.75. The maximum Gasteiger partial charge on any atom is 0.332 e. The van der Waals surface area contributed by atoms with Crippen LogP contribution in [0.2, 0.25) is 0 Å². The number of anilines is 1. The van der Waals surface area contributed by atoms with Crippen LogP contribution in [-0.2, 0) is 14.1 Å². The molecule has 3 atom stereocenters. The van der Waals surface area contributed by atoms with Gasteiger partial charge in [0.25, 0.3) is 5.56 Å². The van der Waals surface area contributed by atoms with Gasteiger partial charge in [-0.2, -0.15) is 0 Å². The van der Waals surface area contributed by atoms with Crippen LogP contribution in [0.15, 0.2) is 9.59 Å². The number of hydrogen-bond donors (Lipinski definition) is 1. The van der Waals surface area contributed by atoms with E-state index in [1.807, 2.05) is 6.92 Å². The normalized spacial score (nSPS) is 25.4. The van der Waals surface area contributed by atoms with Crippen LogP contribution in [0, 0.1) is 11.8 Å². The molecule has 1 aromatic heterocycles. The summed E-state index contributed by atoms with van der Waals surface area (Å²) < 4.78 is 2.11. The molecule has 138 valence electrons. The zero-order valence-electron chi connectivity index (χ0n) is 15.3. The third-order valence-corrected chi connectivity index (χ3v) is 6.21. The van der Waals surface area contributed by atoms with Crippen molar-refractivity contribution < 1.29 is 4.79 Å². The number of carbonyl (C=O) groups excluding carboxylic acids is 1. The van der Waals surface area contributed by atoms with E-state index in [0.717, 1.165) is 34.6 Å². The van der Waals surface area contributed by atoms with Crippen LogP contribution in [0.25, 0.3) is 0 Å². The second-order valence-corrected chi connectivity index (χ2v) is 7.59. The second-order valence-electron chi connectivity index (χ2n) is 7.59. The minimum absolute atomic E-state index is 0.0440. The average Bonchev–Trinajstić information content (AvgIpc) is 2.63. The monoisotopic (exact) mass is 348 g/mol. The van der Waals surface area contributed by atoms with E-state index >= 15 is 0 Å². The number of nitrogen functional groups attached to an aromatic ring is 1. The SMILES string of the molecule is CC(C(=O)c1c(N)n(C)c(=O)n(C)c1=O)N1CCC2CCCCC2C1. The van der Waals surface area contributed by atoms with Crippen molar-refractivity contribution in [2.75, 3.05) is 18.8 Å². The molecule has 1 aliphatic heterocycles. The number of aromatic nitrogens is 2. The maximum atomic E-state index is 13.0. The van der Waals surface area contributed by atoms with E-state index in [-0.39, 0.29) is 17.2 Å². The summed E-state index contributed by atoms with van der Waals surface area (Å²) in [4.78, 5) is 39.6. The van der Waals surface area contributed by atoms with Crippen molar-refractivity contribution in [3.8, 4) is 0 Å². The minimum atomic E-state index is -0.606. The van der Waals surface area contributed by atoms with Crippen LogP contribution >= 0.6 is 0 Å². The predicted molar refractivity (Wildman–Crippen MR) is 96.8 cm³/mol. The molecule has 2 fully saturated rings. The van der Waals surface area contributed by atoms with Crippen molar-refractivity contribution in [1.29, 1.82) is 0 Å².